The standard InChI is InChI=1S/C17H14N6OS2/c18-8-9-2-1-3-12-14(9)22-17(26-12)23-15(24)13-5-4-11(25-13)10-6-7-20-16(19)21-10/h1-7H,8,18H2,(H2,19,20,21)(H,22,23,24). The van der Waals surface area contributed by atoms with Gasteiger partial charge in [0, 0.05) is 12.7 Å². The second-order valence-electron chi connectivity index (χ2n) is 5.41. The number of para-hydroxylation sites is 1. The Labute approximate surface area is 156 Å². The number of anilines is 2. The zero-order chi connectivity index (χ0) is 18.1. The van der Waals surface area contributed by atoms with Crippen LogP contribution in [0.25, 0.3) is 20.8 Å². The van der Waals surface area contributed by atoms with E-state index in [4.69, 9.17) is 11.5 Å². The Morgan fingerprint density at radius 2 is 2.00 bits per heavy atom. The second kappa shape index (κ2) is 6.79. The Morgan fingerprint density at radius 1 is 1.12 bits per heavy atom. The summed E-state index contributed by atoms with van der Waals surface area (Å²) < 4.78 is 0.992. The molecule has 7 nitrogen and oxygen atoms in total. The van der Waals surface area contributed by atoms with Crippen LogP contribution in [0.3, 0.4) is 0 Å². The van der Waals surface area contributed by atoms with Crippen LogP contribution in [0.15, 0.2) is 42.6 Å². The van der Waals surface area contributed by atoms with E-state index in [2.05, 4.69) is 20.3 Å². The van der Waals surface area contributed by atoms with Crippen LogP contribution in [0.1, 0.15) is 15.2 Å². The summed E-state index contributed by atoms with van der Waals surface area (Å²) in [4.78, 5) is 26.5. The zero-order valence-corrected chi connectivity index (χ0v) is 15.1. The smallest absolute Gasteiger partial charge is 0.267 e. The first kappa shape index (κ1) is 16.6. The first-order chi connectivity index (χ1) is 12.6. The molecule has 3 aromatic heterocycles. The number of nitrogen functional groups attached to an aromatic ring is 1. The molecule has 0 aliphatic heterocycles. The molecule has 0 radical (unpaired) electrons. The number of carbonyl (C=O) groups excluding carboxylic acids is 1. The fourth-order valence-corrected chi connectivity index (χ4v) is 4.27. The number of thiazole rings is 1. The lowest BCUT2D eigenvalue weighted by molar-refractivity contribution is 0.103. The van der Waals surface area contributed by atoms with Crippen LogP contribution in [0.2, 0.25) is 0 Å². The average molecular weight is 382 g/mol. The van der Waals surface area contributed by atoms with Crippen molar-refractivity contribution in [1.82, 2.24) is 15.0 Å². The van der Waals surface area contributed by atoms with E-state index in [0.717, 1.165) is 20.7 Å². The summed E-state index contributed by atoms with van der Waals surface area (Å²) in [7, 11) is 0. The maximum Gasteiger partial charge on any atom is 0.267 e. The Kier molecular flexibility index (Phi) is 4.33. The van der Waals surface area contributed by atoms with E-state index in [9.17, 15) is 4.79 Å². The molecule has 5 N–H and O–H groups in total. The number of hydrogen-bond acceptors (Lipinski definition) is 8. The molecule has 0 saturated heterocycles. The van der Waals surface area contributed by atoms with Crippen molar-refractivity contribution in [3.63, 3.8) is 0 Å². The van der Waals surface area contributed by atoms with Crippen LogP contribution in [-0.4, -0.2) is 20.9 Å². The van der Waals surface area contributed by atoms with Crippen LogP contribution < -0.4 is 16.8 Å². The number of rotatable bonds is 4. The van der Waals surface area contributed by atoms with Crippen LogP contribution in [-0.2, 0) is 6.54 Å². The summed E-state index contributed by atoms with van der Waals surface area (Å²) in [6, 6.07) is 11.2. The van der Waals surface area contributed by atoms with Gasteiger partial charge in [0.2, 0.25) is 5.95 Å². The number of nitrogens with zero attached hydrogens (tertiary/aromatic N) is 3. The van der Waals surface area contributed by atoms with Crippen molar-refractivity contribution in [2.45, 2.75) is 6.54 Å². The van der Waals surface area contributed by atoms with Gasteiger partial charge in [-0.25, -0.2) is 15.0 Å². The molecule has 1 aromatic carbocycles. The number of aromatic nitrogens is 3. The molecule has 0 aliphatic rings. The molecule has 0 bridgehead atoms. The summed E-state index contributed by atoms with van der Waals surface area (Å²) in [5.74, 6) is -0.0104. The molecular formula is C17H14N6OS2. The van der Waals surface area contributed by atoms with Gasteiger partial charge in [0.15, 0.2) is 5.13 Å². The second-order valence-corrected chi connectivity index (χ2v) is 7.52. The van der Waals surface area contributed by atoms with Crippen LogP contribution in [0, 0.1) is 0 Å². The zero-order valence-electron chi connectivity index (χ0n) is 13.5. The first-order valence-electron chi connectivity index (χ1n) is 7.72. The van der Waals surface area contributed by atoms with Crippen molar-refractivity contribution in [2.24, 2.45) is 5.73 Å². The number of nitrogens with one attached hydrogen (secondary N) is 1. The van der Waals surface area contributed by atoms with Crippen molar-refractivity contribution >= 4 is 49.9 Å². The van der Waals surface area contributed by atoms with E-state index in [1.54, 1.807) is 18.3 Å². The first-order valence-corrected chi connectivity index (χ1v) is 9.36. The Morgan fingerprint density at radius 3 is 2.81 bits per heavy atom. The molecule has 9 heteroatoms. The van der Waals surface area contributed by atoms with E-state index in [1.807, 2.05) is 24.3 Å². The van der Waals surface area contributed by atoms with Crippen LogP contribution in [0.4, 0.5) is 11.1 Å². The van der Waals surface area contributed by atoms with Crippen molar-refractivity contribution < 1.29 is 4.79 Å². The summed E-state index contributed by atoms with van der Waals surface area (Å²) in [6.07, 6.45) is 1.59. The highest BCUT2D eigenvalue weighted by molar-refractivity contribution is 7.22. The molecular weight excluding hydrogens is 368 g/mol. The van der Waals surface area contributed by atoms with Crippen molar-refractivity contribution in [3.8, 4) is 10.6 Å². The van der Waals surface area contributed by atoms with E-state index >= 15 is 0 Å². The number of thiophene rings is 1. The van der Waals surface area contributed by atoms with Gasteiger partial charge < -0.3 is 11.5 Å². The highest BCUT2D eigenvalue weighted by Gasteiger charge is 2.14. The van der Waals surface area contributed by atoms with E-state index in [-0.39, 0.29) is 11.9 Å². The van der Waals surface area contributed by atoms with Crippen molar-refractivity contribution in [2.75, 3.05) is 11.1 Å². The Hall–Kier alpha value is -2.88. The summed E-state index contributed by atoms with van der Waals surface area (Å²) in [5.41, 5.74) is 13.8. The number of nitrogens with two attached hydrogens (primary N) is 2. The fraction of sp³-hybridized carbons (Fsp3) is 0.0588. The van der Waals surface area contributed by atoms with Crippen molar-refractivity contribution in [1.29, 1.82) is 0 Å². The molecule has 0 fully saturated rings. The molecule has 0 aliphatic carbocycles. The van der Waals surface area contributed by atoms with Crippen LogP contribution >= 0.6 is 22.7 Å². The van der Waals surface area contributed by atoms with E-state index in [1.165, 1.54) is 22.7 Å². The SMILES string of the molecule is NCc1cccc2sc(NC(=O)c3ccc(-c4ccnc(N)n4)s3)nc12. The lowest BCUT2D eigenvalue weighted by Crippen LogP contribution is -2.09. The summed E-state index contributed by atoms with van der Waals surface area (Å²) >= 11 is 2.76. The van der Waals surface area contributed by atoms with Gasteiger partial charge in [-0.15, -0.1) is 11.3 Å². The number of fused-ring (bicyclic) bond motifs is 1. The topological polar surface area (TPSA) is 120 Å². The molecule has 0 spiro atoms. The minimum atomic E-state index is -0.211. The van der Waals surface area contributed by atoms with Gasteiger partial charge in [-0.2, -0.15) is 0 Å². The number of hydrogen-bond donors (Lipinski definition) is 3. The molecule has 4 rings (SSSR count). The average Bonchev–Trinajstić information content (AvgIpc) is 3.28. The number of carbonyl (C=O) groups is 1. The highest BCUT2D eigenvalue weighted by Crippen LogP contribution is 2.30. The van der Waals surface area contributed by atoms with E-state index in [0.29, 0.717) is 22.2 Å². The minimum absolute atomic E-state index is 0.201. The van der Waals surface area contributed by atoms with Gasteiger partial charge in [-0.05, 0) is 29.8 Å². The number of benzene rings is 1. The molecule has 1 amide bonds. The predicted octanol–water partition coefficient (Wildman–Crippen LogP) is 3.11. The quantitative estimate of drug-likeness (QED) is 0.499. The lowest BCUT2D eigenvalue weighted by Gasteiger charge is -1.99. The third-order valence-electron chi connectivity index (χ3n) is 3.70. The molecule has 0 unspecified atom stereocenters. The molecule has 0 saturated carbocycles. The third kappa shape index (κ3) is 3.15. The minimum Gasteiger partial charge on any atom is -0.368 e. The maximum absolute atomic E-state index is 12.5. The van der Waals surface area contributed by atoms with E-state index < -0.39 is 0 Å². The van der Waals surface area contributed by atoms with Gasteiger partial charge in [-0.3, -0.25) is 10.1 Å². The lowest BCUT2D eigenvalue weighted by atomic mass is 10.2. The van der Waals surface area contributed by atoms with Gasteiger partial charge in [0.05, 0.1) is 25.7 Å². The molecule has 26 heavy (non-hydrogen) atoms. The van der Waals surface area contributed by atoms with Gasteiger partial charge >= 0.3 is 0 Å². The van der Waals surface area contributed by atoms with Gasteiger partial charge in [0.1, 0.15) is 0 Å². The largest absolute Gasteiger partial charge is 0.368 e. The summed E-state index contributed by atoms with van der Waals surface area (Å²) in [6.45, 7) is 0.408. The summed E-state index contributed by atoms with van der Waals surface area (Å²) in [5, 5.41) is 3.40. The van der Waals surface area contributed by atoms with Crippen molar-refractivity contribution in [3.05, 3.63) is 53.0 Å². The molecule has 0 atom stereocenters. The molecule has 3 heterocycles. The molecule has 130 valence electrons. The van der Waals surface area contributed by atoms with Gasteiger partial charge in [-0.1, -0.05) is 23.5 Å². The Bertz CT molecular complexity index is 1100. The third-order valence-corrected chi connectivity index (χ3v) is 5.74. The monoisotopic (exact) mass is 382 g/mol. The normalized spacial score (nSPS) is 11.0. The number of amides is 1. The van der Waals surface area contributed by atoms with Crippen LogP contribution in [0.5, 0.6) is 0 Å². The highest BCUT2D eigenvalue weighted by atomic mass is 32.1. The predicted molar refractivity (Wildman–Crippen MR) is 105 cm³/mol. The fourth-order valence-electron chi connectivity index (χ4n) is 2.49. The Balaban J connectivity index is 1.57. The van der Waals surface area contributed by atoms with Gasteiger partial charge in [0.25, 0.3) is 5.91 Å². The maximum atomic E-state index is 12.5. The molecule has 4 aromatic rings.